The van der Waals surface area contributed by atoms with Gasteiger partial charge in [-0.05, 0) is 28.1 Å². The van der Waals surface area contributed by atoms with Crippen molar-refractivity contribution in [1.82, 2.24) is 9.38 Å². The van der Waals surface area contributed by atoms with Crippen LogP contribution in [0.1, 0.15) is 0 Å². The first-order valence-electron chi connectivity index (χ1n) is 6.08. The van der Waals surface area contributed by atoms with Crippen molar-refractivity contribution in [2.75, 3.05) is 4.72 Å². The maximum atomic E-state index is 13.8. The number of rotatable bonds is 3. The minimum Gasteiger partial charge on any atom is -0.289 e. The molecule has 0 saturated heterocycles. The highest BCUT2D eigenvalue weighted by molar-refractivity contribution is 9.10. The quantitative estimate of drug-likeness (QED) is 0.653. The number of anilines is 1. The van der Waals surface area contributed by atoms with E-state index in [1.807, 2.05) is 4.72 Å². The number of imidazole rings is 1. The zero-order chi connectivity index (χ0) is 16.8. The van der Waals surface area contributed by atoms with Gasteiger partial charge in [0.15, 0.2) is 5.03 Å². The number of hydrogen-bond acceptors (Lipinski definition) is 3. The summed E-state index contributed by atoms with van der Waals surface area (Å²) in [6.45, 7) is 0. The molecule has 3 rings (SSSR count). The van der Waals surface area contributed by atoms with Gasteiger partial charge in [-0.2, -0.15) is 8.42 Å². The van der Waals surface area contributed by atoms with E-state index >= 15 is 0 Å². The molecule has 1 aromatic carbocycles. The summed E-state index contributed by atoms with van der Waals surface area (Å²) in [6, 6.07) is 4.54. The van der Waals surface area contributed by atoms with Gasteiger partial charge in [0.2, 0.25) is 0 Å². The van der Waals surface area contributed by atoms with Gasteiger partial charge in [-0.1, -0.05) is 11.6 Å². The SMILES string of the molecule is O=S(=O)(Nc1cc(F)c(Br)cc1F)c1cnc2cc(Cl)ccn12. The number of pyridine rings is 1. The lowest BCUT2D eigenvalue weighted by molar-refractivity contribution is 0.589. The Morgan fingerprint density at radius 3 is 2.70 bits per heavy atom. The Morgan fingerprint density at radius 1 is 1.22 bits per heavy atom. The highest BCUT2D eigenvalue weighted by atomic mass is 79.9. The first-order valence-corrected chi connectivity index (χ1v) is 8.73. The topological polar surface area (TPSA) is 63.5 Å². The van der Waals surface area contributed by atoms with Gasteiger partial charge >= 0.3 is 0 Å². The van der Waals surface area contributed by atoms with Crippen LogP contribution in [0.25, 0.3) is 5.65 Å². The van der Waals surface area contributed by atoms with Gasteiger partial charge in [-0.3, -0.25) is 9.12 Å². The Hall–Kier alpha value is -1.71. The standard InChI is InChI=1S/C13H7BrClF2N3O2S/c14-8-4-10(17)11(5-9(8)16)19-23(21,22)13-6-18-12-3-7(15)1-2-20(12)13/h1-6,19H. The minimum atomic E-state index is -4.18. The number of halogens is 4. The van der Waals surface area contributed by atoms with Gasteiger partial charge in [0.1, 0.15) is 17.3 Å². The van der Waals surface area contributed by atoms with E-state index in [0.717, 1.165) is 18.3 Å². The second kappa shape index (κ2) is 5.73. The smallest absolute Gasteiger partial charge is 0.279 e. The molecule has 2 aromatic heterocycles. The molecule has 0 saturated carbocycles. The highest BCUT2D eigenvalue weighted by Gasteiger charge is 2.22. The second-order valence-corrected chi connectivity index (χ2v) is 7.44. The number of fused-ring (bicyclic) bond motifs is 1. The van der Waals surface area contributed by atoms with Crippen LogP contribution < -0.4 is 4.72 Å². The van der Waals surface area contributed by atoms with Crippen molar-refractivity contribution in [2.24, 2.45) is 0 Å². The van der Waals surface area contributed by atoms with Crippen LogP contribution in [0.2, 0.25) is 5.02 Å². The highest BCUT2D eigenvalue weighted by Crippen LogP contribution is 2.26. The number of sulfonamides is 1. The summed E-state index contributed by atoms with van der Waals surface area (Å²) in [5, 5.41) is 0.160. The average molecular weight is 423 g/mol. The molecule has 0 aliphatic carbocycles. The Kier molecular flexibility index (Phi) is 4.03. The van der Waals surface area contributed by atoms with Crippen LogP contribution in [0, 0.1) is 11.6 Å². The van der Waals surface area contributed by atoms with Crippen LogP contribution in [-0.2, 0) is 10.0 Å². The Morgan fingerprint density at radius 2 is 1.96 bits per heavy atom. The number of nitrogens with one attached hydrogen (secondary N) is 1. The maximum Gasteiger partial charge on any atom is 0.279 e. The molecule has 0 spiro atoms. The normalized spacial score (nSPS) is 11.8. The maximum absolute atomic E-state index is 13.8. The van der Waals surface area contributed by atoms with Crippen molar-refractivity contribution in [3.8, 4) is 0 Å². The third kappa shape index (κ3) is 3.04. The van der Waals surface area contributed by atoms with E-state index in [1.54, 1.807) is 0 Å². The number of aromatic nitrogens is 2. The van der Waals surface area contributed by atoms with Crippen LogP contribution >= 0.6 is 27.5 Å². The number of hydrogen-bond donors (Lipinski definition) is 1. The van der Waals surface area contributed by atoms with Gasteiger partial charge < -0.3 is 0 Å². The molecule has 5 nitrogen and oxygen atoms in total. The first-order chi connectivity index (χ1) is 10.8. The van der Waals surface area contributed by atoms with Crippen LogP contribution in [-0.4, -0.2) is 17.8 Å². The van der Waals surface area contributed by atoms with Crippen molar-refractivity contribution < 1.29 is 17.2 Å². The largest absolute Gasteiger partial charge is 0.289 e. The Labute approximate surface area is 143 Å². The van der Waals surface area contributed by atoms with E-state index in [4.69, 9.17) is 11.6 Å². The van der Waals surface area contributed by atoms with E-state index in [9.17, 15) is 17.2 Å². The molecule has 0 unspecified atom stereocenters. The minimum absolute atomic E-state index is 0.109. The van der Waals surface area contributed by atoms with E-state index in [1.165, 1.54) is 22.7 Å². The Bertz CT molecular complexity index is 1020. The summed E-state index contributed by atoms with van der Waals surface area (Å²) in [4.78, 5) is 3.93. The van der Waals surface area contributed by atoms with Crippen molar-refractivity contribution in [1.29, 1.82) is 0 Å². The molecule has 0 aliphatic rings. The molecule has 2 heterocycles. The van der Waals surface area contributed by atoms with Gasteiger partial charge in [-0.15, -0.1) is 0 Å². The molecule has 0 bridgehead atoms. The molecule has 23 heavy (non-hydrogen) atoms. The molecular weight excluding hydrogens is 416 g/mol. The van der Waals surface area contributed by atoms with Crippen molar-refractivity contribution >= 4 is 48.9 Å². The summed E-state index contributed by atoms with van der Waals surface area (Å²) >= 11 is 8.63. The van der Waals surface area contributed by atoms with Crippen LogP contribution in [0.4, 0.5) is 14.5 Å². The number of benzene rings is 1. The molecule has 0 atom stereocenters. The molecule has 10 heteroatoms. The zero-order valence-electron chi connectivity index (χ0n) is 11.1. The van der Waals surface area contributed by atoms with Gasteiger partial charge in [0.05, 0.1) is 16.4 Å². The van der Waals surface area contributed by atoms with E-state index in [2.05, 4.69) is 20.9 Å². The molecule has 0 fully saturated rings. The third-order valence-corrected chi connectivity index (χ3v) is 5.16. The summed E-state index contributed by atoms with van der Waals surface area (Å²) in [7, 11) is -4.18. The van der Waals surface area contributed by atoms with Crippen molar-refractivity contribution in [3.05, 3.63) is 57.8 Å². The summed E-state index contributed by atoms with van der Waals surface area (Å²) < 4.78 is 55.3. The molecule has 0 amide bonds. The lowest BCUT2D eigenvalue weighted by Crippen LogP contribution is -2.16. The fourth-order valence-corrected chi connectivity index (χ4v) is 3.55. The summed E-state index contributed by atoms with van der Waals surface area (Å²) in [5.41, 5.74) is -0.199. The second-order valence-electron chi connectivity index (χ2n) is 4.52. The summed E-state index contributed by atoms with van der Waals surface area (Å²) in [6.07, 6.45) is 2.51. The van der Waals surface area contributed by atoms with E-state index in [0.29, 0.717) is 10.7 Å². The van der Waals surface area contributed by atoms with Gasteiger partial charge in [0, 0.05) is 23.4 Å². The van der Waals surface area contributed by atoms with Crippen molar-refractivity contribution in [3.63, 3.8) is 0 Å². The van der Waals surface area contributed by atoms with E-state index < -0.39 is 27.3 Å². The monoisotopic (exact) mass is 421 g/mol. The lowest BCUT2D eigenvalue weighted by Gasteiger charge is -2.09. The predicted octanol–water partition coefficient (Wildman–Crippen LogP) is 3.83. The number of nitrogens with zero attached hydrogens (tertiary/aromatic N) is 2. The molecule has 0 aliphatic heterocycles. The predicted molar refractivity (Wildman–Crippen MR) is 85.1 cm³/mol. The van der Waals surface area contributed by atoms with Gasteiger partial charge in [-0.25, -0.2) is 13.8 Å². The van der Waals surface area contributed by atoms with Crippen LogP contribution in [0.5, 0.6) is 0 Å². The average Bonchev–Trinajstić information content (AvgIpc) is 2.88. The third-order valence-electron chi connectivity index (χ3n) is 2.97. The molecule has 120 valence electrons. The lowest BCUT2D eigenvalue weighted by atomic mass is 10.3. The Balaban J connectivity index is 2.06. The summed E-state index contributed by atoms with van der Waals surface area (Å²) in [5.74, 6) is -1.72. The molecule has 1 N–H and O–H groups in total. The first kappa shape index (κ1) is 16.2. The zero-order valence-corrected chi connectivity index (χ0v) is 14.3. The van der Waals surface area contributed by atoms with Crippen LogP contribution in [0.15, 0.2) is 46.2 Å². The molecule has 0 radical (unpaired) electrons. The van der Waals surface area contributed by atoms with Crippen LogP contribution in [0.3, 0.4) is 0 Å². The van der Waals surface area contributed by atoms with Crippen molar-refractivity contribution in [2.45, 2.75) is 5.03 Å². The molecule has 3 aromatic rings. The fraction of sp³-hybridized carbons (Fsp3) is 0. The molecular formula is C13H7BrClF2N3O2S. The van der Waals surface area contributed by atoms with E-state index in [-0.39, 0.29) is 9.50 Å². The van der Waals surface area contributed by atoms with Gasteiger partial charge in [0.25, 0.3) is 10.0 Å². The fourth-order valence-electron chi connectivity index (χ4n) is 1.93.